The zero-order valence-corrected chi connectivity index (χ0v) is 19.2. The van der Waals surface area contributed by atoms with Crippen LogP contribution in [-0.4, -0.2) is 25.4 Å². The fourth-order valence-corrected chi connectivity index (χ4v) is 5.51. The molecule has 0 aliphatic carbocycles. The predicted molar refractivity (Wildman–Crippen MR) is 133 cm³/mol. The van der Waals surface area contributed by atoms with Gasteiger partial charge >= 0.3 is 0 Å². The summed E-state index contributed by atoms with van der Waals surface area (Å²) in [6.45, 7) is 13.3. The SMILES string of the molecule is CCN1c2ccccc2N(c2cc(C)cc(N3c4ccccc4N(CC)[C@@H]3C)c2)[C@@H]1C. The molecule has 0 N–H and O–H groups in total. The van der Waals surface area contributed by atoms with Crippen LogP contribution in [0.25, 0.3) is 0 Å². The summed E-state index contributed by atoms with van der Waals surface area (Å²) in [7, 11) is 0. The van der Waals surface area contributed by atoms with Gasteiger partial charge in [-0.2, -0.15) is 0 Å². The van der Waals surface area contributed by atoms with E-state index in [0.29, 0.717) is 0 Å². The standard InChI is InChI=1S/C27H32N4/c1-6-28-20(4)30(26-14-10-8-12-24(26)28)22-16-19(3)17-23(18-22)31-21(5)29(7-2)25-13-9-11-15-27(25)31/h8-18,20-21H,6-7H2,1-5H3/t20-,21+. The summed E-state index contributed by atoms with van der Waals surface area (Å²) in [5.41, 5.74) is 9.01. The van der Waals surface area contributed by atoms with Crippen molar-refractivity contribution in [1.29, 1.82) is 0 Å². The Hall–Kier alpha value is -3.14. The molecule has 2 aliphatic heterocycles. The topological polar surface area (TPSA) is 13.0 Å². The van der Waals surface area contributed by atoms with Crippen molar-refractivity contribution in [3.8, 4) is 0 Å². The largest absolute Gasteiger partial charge is 0.350 e. The summed E-state index contributed by atoms with van der Waals surface area (Å²) >= 11 is 0. The second-order valence-corrected chi connectivity index (χ2v) is 8.58. The number of nitrogens with zero attached hydrogens (tertiary/aromatic N) is 4. The van der Waals surface area contributed by atoms with Gasteiger partial charge in [0.05, 0.1) is 22.7 Å². The van der Waals surface area contributed by atoms with Crippen LogP contribution in [0, 0.1) is 6.92 Å². The Labute approximate surface area is 186 Å². The molecule has 4 nitrogen and oxygen atoms in total. The van der Waals surface area contributed by atoms with Gasteiger partial charge in [-0.05, 0) is 82.6 Å². The van der Waals surface area contributed by atoms with Crippen molar-refractivity contribution in [1.82, 2.24) is 0 Å². The van der Waals surface area contributed by atoms with Crippen molar-refractivity contribution >= 4 is 34.1 Å². The quantitative estimate of drug-likeness (QED) is 0.476. The molecule has 0 saturated heterocycles. The van der Waals surface area contributed by atoms with Crippen molar-refractivity contribution in [2.45, 2.75) is 47.0 Å². The van der Waals surface area contributed by atoms with Gasteiger partial charge in [0.1, 0.15) is 12.3 Å². The maximum Gasteiger partial charge on any atom is 0.104 e. The minimum atomic E-state index is 0.285. The highest BCUT2D eigenvalue weighted by atomic mass is 15.4. The van der Waals surface area contributed by atoms with E-state index >= 15 is 0 Å². The number of hydrogen-bond acceptors (Lipinski definition) is 4. The van der Waals surface area contributed by atoms with Crippen LogP contribution in [0.5, 0.6) is 0 Å². The number of hydrogen-bond donors (Lipinski definition) is 0. The molecule has 0 aromatic heterocycles. The van der Waals surface area contributed by atoms with Crippen molar-refractivity contribution in [3.05, 3.63) is 72.3 Å². The lowest BCUT2D eigenvalue weighted by molar-refractivity contribution is 0.687. The molecule has 31 heavy (non-hydrogen) atoms. The molecule has 2 heterocycles. The molecule has 160 valence electrons. The zero-order chi connectivity index (χ0) is 21.7. The Balaban J connectivity index is 1.62. The Bertz CT molecular complexity index is 1020. The van der Waals surface area contributed by atoms with E-state index < -0.39 is 0 Å². The normalized spacial score (nSPS) is 19.8. The van der Waals surface area contributed by atoms with Crippen LogP contribution in [0.1, 0.15) is 33.3 Å². The van der Waals surface area contributed by atoms with Crippen molar-refractivity contribution in [2.24, 2.45) is 0 Å². The van der Waals surface area contributed by atoms with E-state index in [0.717, 1.165) is 13.1 Å². The number of anilines is 6. The first-order chi connectivity index (χ1) is 15.0. The Morgan fingerprint density at radius 3 is 1.39 bits per heavy atom. The first-order valence-electron chi connectivity index (χ1n) is 11.5. The van der Waals surface area contributed by atoms with E-state index in [2.05, 4.69) is 121 Å². The summed E-state index contributed by atoms with van der Waals surface area (Å²) in [5, 5.41) is 0. The molecule has 0 bridgehead atoms. The van der Waals surface area contributed by atoms with Gasteiger partial charge < -0.3 is 19.6 Å². The zero-order valence-electron chi connectivity index (χ0n) is 19.2. The second-order valence-electron chi connectivity index (χ2n) is 8.58. The third-order valence-electron chi connectivity index (χ3n) is 6.84. The molecule has 0 amide bonds. The van der Waals surface area contributed by atoms with Gasteiger partial charge in [-0.3, -0.25) is 0 Å². The molecule has 2 atom stereocenters. The smallest absolute Gasteiger partial charge is 0.104 e. The van der Waals surface area contributed by atoms with Gasteiger partial charge in [0.15, 0.2) is 0 Å². The molecular formula is C27H32N4. The molecular weight excluding hydrogens is 380 g/mol. The van der Waals surface area contributed by atoms with Gasteiger partial charge in [-0.1, -0.05) is 24.3 Å². The monoisotopic (exact) mass is 412 g/mol. The summed E-state index contributed by atoms with van der Waals surface area (Å²) in [6, 6.07) is 24.5. The first-order valence-corrected chi connectivity index (χ1v) is 11.5. The van der Waals surface area contributed by atoms with Crippen molar-refractivity contribution < 1.29 is 0 Å². The minimum absolute atomic E-state index is 0.285. The number of benzene rings is 3. The highest BCUT2D eigenvalue weighted by Crippen LogP contribution is 2.47. The summed E-state index contributed by atoms with van der Waals surface area (Å²) in [4.78, 5) is 9.92. The summed E-state index contributed by atoms with van der Waals surface area (Å²) in [5.74, 6) is 0. The van der Waals surface area contributed by atoms with Gasteiger partial charge in [-0.15, -0.1) is 0 Å². The average Bonchev–Trinajstić information content (AvgIpc) is 3.22. The van der Waals surface area contributed by atoms with Gasteiger partial charge in [0.25, 0.3) is 0 Å². The molecule has 0 radical (unpaired) electrons. The van der Waals surface area contributed by atoms with E-state index in [1.165, 1.54) is 39.7 Å². The van der Waals surface area contributed by atoms with Crippen molar-refractivity contribution in [2.75, 3.05) is 32.7 Å². The van der Waals surface area contributed by atoms with Crippen LogP contribution in [0.4, 0.5) is 34.1 Å². The van der Waals surface area contributed by atoms with Crippen LogP contribution in [0.2, 0.25) is 0 Å². The van der Waals surface area contributed by atoms with Gasteiger partial charge in [0, 0.05) is 24.5 Å². The molecule has 0 spiro atoms. The van der Waals surface area contributed by atoms with Crippen LogP contribution in [0.15, 0.2) is 66.7 Å². The highest BCUT2D eigenvalue weighted by molar-refractivity contribution is 5.87. The molecule has 0 saturated carbocycles. The predicted octanol–water partition coefficient (Wildman–Crippen LogP) is 6.64. The molecule has 3 aromatic carbocycles. The third-order valence-corrected chi connectivity index (χ3v) is 6.84. The van der Waals surface area contributed by atoms with Crippen LogP contribution < -0.4 is 19.6 Å². The maximum absolute atomic E-state index is 2.49. The number of fused-ring (bicyclic) bond motifs is 2. The lowest BCUT2D eigenvalue weighted by Crippen LogP contribution is -2.39. The highest BCUT2D eigenvalue weighted by Gasteiger charge is 2.35. The van der Waals surface area contributed by atoms with Gasteiger partial charge in [0.2, 0.25) is 0 Å². The molecule has 0 unspecified atom stereocenters. The molecule has 5 rings (SSSR count). The summed E-state index contributed by atoms with van der Waals surface area (Å²) < 4.78 is 0. The van der Waals surface area contributed by atoms with E-state index in [-0.39, 0.29) is 12.3 Å². The number of aryl methyl sites for hydroxylation is 1. The minimum Gasteiger partial charge on any atom is -0.350 e. The van der Waals surface area contributed by atoms with Crippen LogP contribution >= 0.6 is 0 Å². The number of para-hydroxylation sites is 4. The van der Waals surface area contributed by atoms with E-state index in [9.17, 15) is 0 Å². The Kier molecular flexibility index (Phi) is 4.81. The van der Waals surface area contributed by atoms with E-state index in [1.54, 1.807) is 0 Å². The third kappa shape index (κ3) is 2.96. The number of rotatable bonds is 4. The summed E-state index contributed by atoms with van der Waals surface area (Å²) in [6.07, 6.45) is 0.569. The van der Waals surface area contributed by atoms with Gasteiger partial charge in [-0.25, -0.2) is 0 Å². The lowest BCUT2D eigenvalue weighted by atomic mass is 10.1. The second kappa shape index (κ2) is 7.52. The molecule has 4 heteroatoms. The molecule has 0 fully saturated rings. The van der Waals surface area contributed by atoms with E-state index in [4.69, 9.17) is 0 Å². The average molecular weight is 413 g/mol. The lowest BCUT2D eigenvalue weighted by Gasteiger charge is -2.32. The first kappa shape index (κ1) is 19.8. The van der Waals surface area contributed by atoms with Crippen LogP contribution in [-0.2, 0) is 0 Å². The Morgan fingerprint density at radius 2 is 1.00 bits per heavy atom. The Morgan fingerprint density at radius 1 is 0.613 bits per heavy atom. The fraction of sp³-hybridized carbons (Fsp3) is 0.333. The maximum atomic E-state index is 2.49. The fourth-order valence-electron chi connectivity index (χ4n) is 5.51. The van der Waals surface area contributed by atoms with Crippen molar-refractivity contribution in [3.63, 3.8) is 0 Å². The van der Waals surface area contributed by atoms with E-state index in [1.807, 2.05) is 0 Å². The molecule has 3 aromatic rings. The van der Waals surface area contributed by atoms with Crippen LogP contribution in [0.3, 0.4) is 0 Å². The molecule has 2 aliphatic rings.